The number of hydrogen-bond acceptors (Lipinski definition) is 3. The minimum Gasteiger partial charge on any atom is -0.370 e. The smallest absolute Gasteiger partial charge is 0.322 e. The largest absolute Gasteiger partial charge is 0.370 e. The molecule has 1 aromatic rings. The van der Waals surface area contributed by atoms with E-state index in [0.29, 0.717) is 6.04 Å². The second-order valence-corrected chi connectivity index (χ2v) is 7.64. The first-order valence-corrected chi connectivity index (χ1v) is 9.95. The van der Waals surface area contributed by atoms with E-state index in [2.05, 4.69) is 32.1 Å². The third-order valence-corrected chi connectivity index (χ3v) is 5.90. The van der Waals surface area contributed by atoms with Crippen molar-refractivity contribution in [1.82, 2.24) is 9.80 Å². The molecule has 2 amide bonds. The van der Waals surface area contributed by atoms with Gasteiger partial charge in [-0.05, 0) is 63.7 Å². The summed E-state index contributed by atoms with van der Waals surface area (Å²) in [6.07, 6.45) is 7.36. The predicted octanol–water partition coefficient (Wildman–Crippen LogP) is 3.38. The molecule has 25 heavy (non-hydrogen) atoms. The molecule has 3 aliphatic rings. The third-order valence-electron chi connectivity index (χ3n) is 5.90. The molecule has 1 atom stereocenters. The molecule has 3 fully saturated rings. The van der Waals surface area contributed by atoms with Crippen molar-refractivity contribution < 1.29 is 4.79 Å². The molecular weight excluding hydrogens is 312 g/mol. The topological polar surface area (TPSA) is 38.8 Å². The summed E-state index contributed by atoms with van der Waals surface area (Å²) in [5, 5.41) is 3.21. The number of amides is 2. The van der Waals surface area contributed by atoms with Crippen molar-refractivity contribution in [3.05, 3.63) is 24.3 Å². The summed E-state index contributed by atoms with van der Waals surface area (Å²) in [5.74, 6) is 0. The number of hydrogen-bond donors (Lipinski definition) is 1. The summed E-state index contributed by atoms with van der Waals surface area (Å²) in [6.45, 7) is 6.51. The van der Waals surface area contributed by atoms with Gasteiger partial charge in [0.25, 0.3) is 0 Å². The zero-order valence-corrected chi connectivity index (χ0v) is 15.1. The molecule has 136 valence electrons. The van der Waals surface area contributed by atoms with Crippen molar-refractivity contribution in [2.75, 3.05) is 49.5 Å². The molecule has 0 radical (unpaired) electrons. The minimum absolute atomic E-state index is 0.0772. The van der Waals surface area contributed by atoms with Gasteiger partial charge in [0.1, 0.15) is 0 Å². The van der Waals surface area contributed by atoms with Crippen LogP contribution in [0, 0.1) is 0 Å². The van der Waals surface area contributed by atoms with Gasteiger partial charge < -0.3 is 20.0 Å². The summed E-state index contributed by atoms with van der Waals surface area (Å²) >= 11 is 0. The molecule has 5 heteroatoms. The molecule has 0 unspecified atom stereocenters. The van der Waals surface area contributed by atoms with E-state index in [1.54, 1.807) is 0 Å². The van der Waals surface area contributed by atoms with Gasteiger partial charge in [0.2, 0.25) is 0 Å². The molecule has 5 nitrogen and oxygen atoms in total. The fraction of sp³-hybridized carbons (Fsp3) is 0.650. The van der Waals surface area contributed by atoms with Crippen molar-refractivity contribution >= 4 is 17.4 Å². The molecule has 0 bridgehead atoms. The average Bonchev–Trinajstić information content (AvgIpc) is 3.38. The van der Waals surface area contributed by atoms with Gasteiger partial charge in [-0.1, -0.05) is 12.1 Å². The number of rotatable bonds is 4. The normalized spacial score (nSPS) is 24.2. The molecule has 0 saturated carbocycles. The molecule has 3 heterocycles. The quantitative estimate of drug-likeness (QED) is 0.912. The number of nitrogens with zero attached hydrogens (tertiary/aromatic N) is 3. The number of carbonyl (C=O) groups excluding carboxylic acids is 1. The standard InChI is InChI=1S/C20H30N4O/c25-20(24-15-7-8-17(24)16-22-11-3-4-12-22)21-18-9-1-2-10-19(18)23-13-5-6-14-23/h1-2,9-10,17H,3-8,11-16H2,(H,21,25)/t17-/m0/s1. The first-order valence-electron chi connectivity index (χ1n) is 9.95. The zero-order valence-electron chi connectivity index (χ0n) is 15.1. The highest BCUT2D eigenvalue weighted by Crippen LogP contribution is 2.29. The summed E-state index contributed by atoms with van der Waals surface area (Å²) < 4.78 is 0. The maximum Gasteiger partial charge on any atom is 0.322 e. The van der Waals surface area contributed by atoms with Crippen LogP contribution in [0.1, 0.15) is 38.5 Å². The van der Waals surface area contributed by atoms with Gasteiger partial charge in [-0.3, -0.25) is 0 Å². The Hall–Kier alpha value is -1.75. The van der Waals surface area contributed by atoms with Gasteiger partial charge in [-0.2, -0.15) is 0 Å². The van der Waals surface area contributed by atoms with Crippen LogP contribution in [-0.2, 0) is 0 Å². The van der Waals surface area contributed by atoms with E-state index in [-0.39, 0.29) is 6.03 Å². The number of benzene rings is 1. The molecule has 0 aromatic heterocycles. The van der Waals surface area contributed by atoms with Gasteiger partial charge in [0, 0.05) is 32.2 Å². The van der Waals surface area contributed by atoms with Crippen molar-refractivity contribution in [1.29, 1.82) is 0 Å². The van der Waals surface area contributed by atoms with Crippen LogP contribution >= 0.6 is 0 Å². The van der Waals surface area contributed by atoms with E-state index in [1.807, 2.05) is 12.1 Å². The second kappa shape index (κ2) is 7.65. The van der Waals surface area contributed by atoms with E-state index >= 15 is 0 Å². The van der Waals surface area contributed by atoms with Gasteiger partial charge in [0.05, 0.1) is 11.4 Å². The zero-order chi connectivity index (χ0) is 17.1. The van der Waals surface area contributed by atoms with Crippen molar-refractivity contribution in [3.63, 3.8) is 0 Å². The Morgan fingerprint density at radius 1 is 0.960 bits per heavy atom. The van der Waals surface area contributed by atoms with Crippen LogP contribution in [0.25, 0.3) is 0 Å². The fourth-order valence-electron chi connectivity index (χ4n) is 4.56. The Labute approximate surface area is 151 Å². The minimum atomic E-state index is 0.0772. The molecule has 0 aliphatic carbocycles. The van der Waals surface area contributed by atoms with Crippen LogP contribution in [0.2, 0.25) is 0 Å². The maximum absolute atomic E-state index is 12.9. The van der Waals surface area contributed by atoms with Crippen LogP contribution in [0.5, 0.6) is 0 Å². The number of carbonyl (C=O) groups is 1. The maximum atomic E-state index is 12.9. The van der Waals surface area contributed by atoms with Gasteiger partial charge in [-0.15, -0.1) is 0 Å². The van der Waals surface area contributed by atoms with E-state index < -0.39 is 0 Å². The molecular formula is C20H30N4O. The summed E-state index contributed by atoms with van der Waals surface area (Å²) in [4.78, 5) is 19.9. The van der Waals surface area contributed by atoms with Crippen LogP contribution < -0.4 is 10.2 Å². The van der Waals surface area contributed by atoms with E-state index in [1.165, 1.54) is 44.5 Å². The Kier molecular flexibility index (Phi) is 5.11. The van der Waals surface area contributed by atoms with Crippen molar-refractivity contribution in [2.45, 2.75) is 44.6 Å². The molecule has 1 N–H and O–H groups in total. The number of nitrogens with one attached hydrogen (secondary N) is 1. The molecule has 1 aromatic carbocycles. The van der Waals surface area contributed by atoms with Crippen LogP contribution in [0.3, 0.4) is 0 Å². The van der Waals surface area contributed by atoms with Crippen LogP contribution in [0.15, 0.2) is 24.3 Å². The molecule has 4 rings (SSSR count). The second-order valence-electron chi connectivity index (χ2n) is 7.64. The highest BCUT2D eigenvalue weighted by atomic mass is 16.2. The Morgan fingerprint density at radius 2 is 1.68 bits per heavy atom. The molecule has 0 spiro atoms. The highest BCUT2D eigenvalue weighted by molar-refractivity contribution is 5.93. The average molecular weight is 342 g/mol. The first kappa shape index (κ1) is 16.7. The van der Waals surface area contributed by atoms with Gasteiger partial charge >= 0.3 is 6.03 Å². The van der Waals surface area contributed by atoms with Gasteiger partial charge in [-0.25, -0.2) is 4.79 Å². The Bertz CT molecular complexity index is 593. The highest BCUT2D eigenvalue weighted by Gasteiger charge is 2.31. The fourth-order valence-corrected chi connectivity index (χ4v) is 4.56. The van der Waals surface area contributed by atoms with E-state index in [4.69, 9.17) is 0 Å². The summed E-state index contributed by atoms with van der Waals surface area (Å²) in [6, 6.07) is 8.70. The van der Waals surface area contributed by atoms with Crippen LogP contribution in [-0.4, -0.2) is 61.1 Å². The number of likely N-dealkylation sites (tertiary alicyclic amines) is 2. The lowest BCUT2D eigenvalue weighted by Crippen LogP contribution is -2.44. The Morgan fingerprint density at radius 3 is 2.48 bits per heavy atom. The lowest BCUT2D eigenvalue weighted by molar-refractivity contribution is 0.186. The first-order chi connectivity index (χ1) is 12.3. The molecule has 3 aliphatic heterocycles. The Balaban J connectivity index is 1.42. The number of urea groups is 1. The molecule has 3 saturated heterocycles. The van der Waals surface area contributed by atoms with E-state index in [9.17, 15) is 4.79 Å². The van der Waals surface area contributed by atoms with Crippen molar-refractivity contribution in [2.24, 2.45) is 0 Å². The van der Waals surface area contributed by atoms with Gasteiger partial charge in [0.15, 0.2) is 0 Å². The SMILES string of the molecule is O=C(Nc1ccccc1N1CCCC1)N1CCC[C@H]1CN1CCCC1. The van der Waals surface area contributed by atoms with Crippen LogP contribution in [0.4, 0.5) is 16.2 Å². The third kappa shape index (κ3) is 3.76. The monoisotopic (exact) mass is 342 g/mol. The number of para-hydroxylation sites is 2. The summed E-state index contributed by atoms with van der Waals surface area (Å²) in [5.41, 5.74) is 2.13. The summed E-state index contributed by atoms with van der Waals surface area (Å²) in [7, 11) is 0. The predicted molar refractivity (Wildman–Crippen MR) is 102 cm³/mol. The lowest BCUT2D eigenvalue weighted by Gasteiger charge is -2.29. The lowest BCUT2D eigenvalue weighted by atomic mass is 10.2. The van der Waals surface area contributed by atoms with E-state index in [0.717, 1.165) is 44.7 Å². The van der Waals surface area contributed by atoms with Crippen molar-refractivity contribution in [3.8, 4) is 0 Å². The number of anilines is 2.